The molecule has 3 aliphatic rings. The maximum atomic E-state index is 14.3. The molecule has 0 saturated heterocycles. The summed E-state index contributed by atoms with van der Waals surface area (Å²) in [6.45, 7) is 1.69. The molecule has 5 rings (SSSR count). The van der Waals surface area contributed by atoms with Gasteiger partial charge in [0.2, 0.25) is 18.0 Å². The quantitative estimate of drug-likeness (QED) is 0.764. The average Bonchev–Trinajstić information content (AvgIpc) is 3.39. The van der Waals surface area contributed by atoms with E-state index in [0.717, 1.165) is 5.56 Å². The Morgan fingerprint density at radius 2 is 2.12 bits per heavy atom. The molecule has 2 aromatic rings. The Balaban J connectivity index is 1.39. The molecule has 1 aromatic heterocycles. The first-order chi connectivity index (χ1) is 15.3. The van der Waals surface area contributed by atoms with E-state index < -0.39 is 24.2 Å². The van der Waals surface area contributed by atoms with Gasteiger partial charge in [0.25, 0.3) is 5.91 Å². The number of benzene rings is 1. The van der Waals surface area contributed by atoms with Gasteiger partial charge in [0, 0.05) is 54.4 Å². The summed E-state index contributed by atoms with van der Waals surface area (Å²) in [7, 11) is 0. The zero-order valence-corrected chi connectivity index (χ0v) is 17.5. The third kappa shape index (κ3) is 3.69. The molecule has 32 heavy (non-hydrogen) atoms. The van der Waals surface area contributed by atoms with Crippen molar-refractivity contribution < 1.29 is 22.7 Å². The van der Waals surface area contributed by atoms with E-state index in [-0.39, 0.29) is 37.1 Å². The first-order valence-corrected chi connectivity index (χ1v) is 10.7. The van der Waals surface area contributed by atoms with Gasteiger partial charge in [0.05, 0.1) is 0 Å². The van der Waals surface area contributed by atoms with Crippen molar-refractivity contribution >= 4 is 11.8 Å². The van der Waals surface area contributed by atoms with Crippen molar-refractivity contribution in [3.8, 4) is 0 Å². The van der Waals surface area contributed by atoms with E-state index in [9.17, 15) is 18.0 Å². The van der Waals surface area contributed by atoms with Crippen LogP contribution in [0.4, 0.5) is 13.2 Å². The first kappa shape index (κ1) is 20.8. The van der Waals surface area contributed by atoms with Crippen molar-refractivity contribution in [3.05, 3.63) is 65.0 Å². The van der Waals surface area contributed by atoms with Crippen LogP contribution in [0.1, 0.15) is 65.5 Å². The van der Waals surface area contributed by atoms with E-state index in [1.165, 1.54) is 6.92 Å². The van der Waals surface area contributed by atoms with E-state index in [4.69, 9.17) is 4.74 Å². The van der Waals surface area contributed by atoms with E-state index in [0.29, 0.717) is 23.4 Å². The molecule has 4 atom stereocenters. The van der Waals surface area contributed by atoms with Gasteiger partial charge in [-0.1, -0.05) is 18.2 Å². The molecule has 1 N–H and O–H groups in total. The predicted octanol–water partition coefficient (Wildman–Crippen LogP) is 4.30. The number of alkyl halides is 3. The third-order valence-electron chi connectivity index (χ3n) is 6.40. The van der Waals surface area contributed by atoms with Crippen molar-refractivity contribution in [1.29, 1.82) is 0 Å². The summed E-state index contributed by atoms with van der Waals surface area (Å²) in [6, 6.07) is 10.3. The van der Waals surface area contributed by atoms with Crippen molar-refractivity contribution in [1.82, 2.24) is 15.3 Å². The number of ether oxygens (including phenoxy) is 1. The monoisotopic (exact) mass is 444 g/mol. The van der Waals surface area contributed by atoms with E-state index in [1.807, 2.05) is 6.07 Å². The predicted molar refractivity (Wildman–Crippen MR) is 111 cm³/mol. The van der Waals surface area contributed by atoms with Gasteiger partial charge < -0.3 is 9.64 Å². The number of halogens is 3. The number of hydrogen-bond donors (Lipinski definition) is 1. The summed E-state index contributed by atoms with van der Waals surface area (Å²) in [4.78, 5) is 19.3. The number of hydrazone groups is 1. The number of aromatic nitrogens is 1. The number of rotatable bonds is 4. The van der Waals surface area contributed by atoms with E-state index >= 15 is 0 Å². The lowest BCUT2D eigenvalue weighted by atomic mass is 9.79. The summed E-state index contributed by atoms with van der Waals surface area (Å²) in [5.74, 6) is -3.56. The summed E-state index contributed by atoms with van der Waals surface area (Å²) >= 11 is 0. The fraction of sp³-hybridized carbons (Fsp3) is 0.435. The maximum Gasteiger partial charge on any atom is 0.254 e. The van der Waals surface area contributed by atoms with Crippen LogP contribution in [0.15, 0.2) is 47.7 Å². The summed E-state index contributed by atoms with van der Waals surface area (Å²) in [5.41, 5.74) is 5.29. The number of nitrogens with zero attached hydrogens (tertiary/aromatic N) is 3. The molecule has 3 heterocycles. The molecule has 1 amide bonds. The Morgan fingerprint density at radius 3 is 2.84 bits per heavy atom. The van der Waals surface area contributed by atoms with Crippen LogP contribution in [0, 0.1) is 0 Å². The van der Waals surface area contributed by atoms with Crippen LogP contribution in [-0.2, 0) is 11.3 Å². The summed E-state index contributed by atoms with van der Waals surface area (Å²) in [5, 5.41) is 3.85. The second-order valence-electron chi connectivity index (χ2n) is 8.57. The number of carbonyl (C=O) groups is 1. The highest BCUT2D eigenvalue weighted by molar-refractivity contribution is 5.99. The molecule has 0 bridgehead atoms. The normalized spacial score (nSPS) is 27.4. The van der Waals surface area contributed by atoms with Gasteiger partial charge in [-0.3, -0.25) is 15.2 Å². The Hall–Kier alpha value is -3.10. The molecule has 1 aromatic carbocycles. The van der Waals surface area contributed by atoms with Gasteiger partial charge >= 0.3 is 0 Å². The van der Waals surface area contributed by atoms with Gasteiger partial charge in [-0.05, 0) is 37.1 Å². The van der Waals surface area contributed by atoms with Crippen LogP contribution in [0.25, 0.3) is 0 Å². The van der Waals surface area contributed by atoms with Crippen LogP contribution in [0.5, 0.6) is 0 Å². The summed E-state index contributed by atoms with van der Waals surface area (Å²) in [6.07, 6.45) is -0.804. The van der Waals surface area contributed by atoms with Gasteiger partial charge in [0.1, 0.15) is 0 Å². The van der Waals surface area contributed by atoms with Crippen molar-refractivity contribution in [2.24, 2.45) is 5.10 Å². The highest BCUT2D eigenvalue weighted by Gasteiger charge is 2.47. The smallest absolute Gasteiger partial charge is 0.254 e. The van der Waals surface area contributed by atoms with Crippen LogP contribution < -0.4 is 5.43 Å². The van der Waals surface area contributed by atoms with Gasteiger partial charge in [-0.25, -0.2) is 13.2 Å². The van der Waals surface area contributed by atoms with Gasteiger partial charge in [-0.2, -0.15) is 0 Å². The van der Waals surface area contributed by atoms with Gasteiger partial charge in [-0.15, -0.1) is 5.10 Å². The zero-order chi connectivity index (χ0) is 22.5. The third-order valence-corrected chi connectivity index (χ3v) is 6.40. The molecule has 0 radical (unpaired) electrons. The molecular formula is C23H23F3N4O2. The molecular weight excluding hydrogens is 421 g/mol. The highest BCUT2D eigenvalue weighted by atomic mass is 19.3. The topological polar surface area (TPSA) is 66.8 Å². The lowest BCUT2D eigenvalue weighted by Crippen LogP contribution is -2.46. The van der Waals surface area contributed by atoms with Gasteiger partial charge in [0.15, 0.2) is 6.17 Å². The Labute approximate surface area is 183 Å². The SMILES string of the molecule is CC(F)C1=NNC(c2ccc3c(c2)C(=O)N(C2CCC(F)(F)C[C@H]2c2ccccn2)C3)O1. The average molecular weight is 444 g/mol. The highest BCUT2D eigenvalue weighted by Crippen LogP contribution is 2.45. The maximum absolute atomic E-state index is 14.3. The van der Waals surface area contributed by atoms with Crippen molar-refractivity contribution in [2.45, 2.75) is 63.0 Å². The lowest BCUT2D eigenvalue weighted by molar-refractivity contribution is -0.0608. The number of nitrogens with one attached hydrogen (secondary N) is 1. The minimum absolute atomic E-state index is 0.0372. The Morgan fingerprint density at radius 1 is 1.28 bits per heavy atom. The van der Waals surface area contributed by atoms with E-state index in [2.05, 4.69) is 15.5 Å². The van der Waals surface area contributed by atoms with Crippen LogP contribution in [0.2, 0.25) is 0 Å². The number of fused-ring (bicyclic) bond motifs is 1. The number of amides is 1. The second-order valence-corrected chi connectivity index (χ2v) is 8.57. The van der Waals surface area contributed by atoms with Crippen LogP contribution in [-0.4, -0.2) is 39.8 Å². The fourth-order valence-electron chi connectivity index (χ4n) is 4.78. The van der Waals surface area contributed by atoms with Crippen LogP contribution >= 0.6 is 0 Å². The number of carbonyl (C=O) groups excluding carboxylic acids is 1. The number of pyridine rings is 1. The minimum atomic E-state index is -2.78. The standard InChI is InChI=1S/C23H23F3N4O2/c1-13(24)20-28-29-21(32-20)14-5-6-15-12-30(22(31)16(15)10-14)19-7-8-23(25,26)11-17(19)18-4-2-3-9-27-18/h2-6,9-10,13,17,19,21,29H,7-8,11-12H2,1H3/t13?,17-,19?,21?/m0/s1. The molecule has 1 aliphatic carbocycles. The minimum Gasteiger partial charge on any atom is -0.448 e. The molecule has 0 spiro atoms. The second kappa shape index (κ2) is 7.79. The molecule has 9 heteroatoms. The van der Waals surface area contributed by atoms with Crippen LogP contribution in [0.3, 0.4) is 0 Å². The fourth-order valence-corrected chi connectivity index (χ4v) is 4.78. The lowest BCUT2D eigenvalue weighted by Gasteiger charge is -2.40. The van der Waals surface area contributed by atoms with Crippen molar-refractivity contribution in [2.75, 3.05) is 0 Å². The Kier molecular flexibility index (Phi) is 5.06. The first-order valence-electron chi connectivity index (χ1n) is 10.7. The largest absolute Gasteiger partial charge is 0.448 e. The molecule has 6 nitrogen and oxygen atoms in total. The molecule has 1 saturated carbocycles. The number of hydrogen-bond acceptors (Lipinski definition) is 5. The molecule has 2 aliphatic heterocycles. The van der Waals surface area contributed by atoms with E-state index in [1.54, 1.807) is 41.4 Å². The molecule has 1 fully saturated rings. The van der Waals surface area contributed by atoms with Crippen molar-refractivity contribution in [3.63, 3.8) is 0 Å². The Bertz CT molecular complexity index is 1060. The molecule has 3 unspecified atom stereocenters. The molecule has 168 valence electrons. The zero-order valence-electron chi connectivity index (χ0n) is 17.5. The summed E-state index contributed by atoms with van der Waals surface area (Å²) < 4.78 is 47.5.